The lowest BCUT2D eigenvalue weighted by atomic mass is 10.1. The second-order valence-electron chi connectivity index (χ2n) is 6.04. The first-order chi connectivity index (χ1) is 12.4. The first-order valence-corrected chi connectivity index (χ1v) is 8.54. The number of methoxy groups -OCH3 is 1. The summed E-state index contributed by atoms with van der Waals surface area (Å²) in [5.74, 6) is 1.25. The molecule has 6 heteroatoms. The normalized spacial score (nSPS) is 11.5. The number of phenolic OH excluding ortho intramolecular Hbond substituents is 1. The quantitative estimate of drug-likeness (QED) is 0.792. The smallest absolute Gasteiger partial charge is 0.317 e. The van der Waals surface area contributed by atoms with Gasteiger partial charge in [0.05, 0.1) is 19.8 Å². The standard InChI is InChI=1S/C20H26N2O4/c1-5-26-17-8-6-7-16(12-17)14(2)21-20(24)22(3)13-15-9-10-19(25-4)18(23)11-15/h6-12,14,23H,5,13H2,1-4H3,(H,21,24). The van der Waals surface area contributed by atoms with E-state index in [1.807, 2.05) is 44.2 Å². The Morgan fingerprint density at radius 2 is 2.04 bits per heavy atom. The van der Waals surface area contributed by atoms with Gasteiger partial charge in [0.15, 0.2) is 11.5 Å². The molecule has 26 heavy (non-hydrogen) atoms. The number of carbonyl (C=O) groups is 1. The van der Waals surface area contributed by atoms with E-state index in [4.69, 9.17) is 9.47 Å². The summed E-state index contributed by atoms with van der Waals surface area (Å²) in [5.41, 5.74) is 1.78. The Kier molecular flexibility index (Phi) is 6.72. The Bertz CT molecular complexity index is 748. The van der Waals surface area contributed by atoms with Crippen LogP contribution in [-0.4, -0.2) is 36.8 Å². The summed E-state index contributed by atoms with van der Waals surface area (Å²) in [6.07, 6.45) is 0. The molecular formula is C20H26N2O4. The van der Waals surface area contributed by atoms with Gasteiger partial charge in [0.1, 0.15) is 5.75 Å². The molecule has 6 nitrogen and oxygen atoms in total. The average Bonchev–Trinajstić information content (AvgIpc) is 2.62. The minimum absolute atomic E-state index is 0.0555. The van der Waals surface area contributed by atoms with Gasteiger partial charge in [-0.15, -0.1) is 0 Å². The molecule has 0 aliphatic rings. The molecule has 2 aromatic rings. The molecule has 0 aliphatic carbocycles. The van der Waals surface area contributed by atoms with Gasteiger partial charge in [-0.3, -0.25) is 0 Å². The molecule has 2 amide bonds. The van der Waals surface area contributed by atoms with Gasteiger partial charge in [0.2, 0.25) is 0 Å². The largest absolute Gasteiger partial charge is 0.504 e. The van der Waals surface area contributed by atoms with Crippen molar-refractivity contribution in [2.24, 2.45) is 0 Å². The number of hydrogen-bond acceptors (Lipinski definition) is 4. The van der Waals surface area contributed by atoms with Crippen molar-refractivity contribution in [1.82, 2.24) is 10.2 Å². The third-order valence-electron chi connectivity index (χ3n) is 4.02. The number of ether oxygens (including phenoxy) is 2. The summed E-state index contributed by atoms with van der Waals surface area (Å²) in [5, 5.41) is 12.8. The molecule has 2 N–H and O–H groups in total. The van der Waals surface area contributed by atoms with E-state index < -0.39 is 0 Å². The summed E-state index contributed by atoms with van der Waals surface area (Å²) in [6.45, 7) is 4.83. The van der Waals surface area contributed by atoms with Crippen molar-refractivity contribution in [3.8, 4) is 17.2 Å². The highest BCUT2D eigenvalue weighted by Crippen LogP contribution is 2.26. The fraction of sp³-hybridized carbons (Fsp3) is 0.350. The average molecular weight is 358 g/mol. The van der Waals surface area contributed by atoms with Crippen molar-refractivity contribution >= 4 is 6.03 Å². The Morgan fingerprint density at radius 3 is 2.69 bits per heavy atom. The fourth-order valence-electron chi connectivity index (χ4n) is 2.60. The van der Waals surface area contributed by atoms with Crippen LogP contribution in [0.3, 0.4) is 0 Å². The summed E-state index contributed by atoms with van der Waals surface area (Å²) >= 11 is 0. The second-order valence-corrected chi connectivity index (χ2v) is 6.04. The Labute approximate surface area is 154 Å². The number of nitrogens with zero attached hydrogens (tertiary/aromatic N) is 1. The number of aromatic hydroxyl groups is 1. The van der Waals surface area contributed by atoms with Gasteiger partial charge < -0.3 is 24.8 Å². The Balaban J connectivity index is 1.97. The highest BCUT2D eigenvalue weighted by molar-refractivity contribution is 5.74. The molecule has 0 aliphatic heterocycles. The summed E-state index contributed by atoms with van der Waals surface area (Å²) in [7, 11) is 3.20. The van der Waals surface area contributed by atoms with Gasteiger partial charge in [-0.05, 0) is 49.2 Å². The monoisotopic (exact) mass is 358 g/mol. The molecule has 1 unspecified atom stereocenters. The SMILES string of the molecule is CCOc1cccc(C(C)NC(=O)N(C)Cc2ccc(OC)c(O)c2)c1. The highest BCUT2D eigenvalue weighted by Gasteiger charge is 2.15. The van der Waals surface area contributed by atoms with Crippen LogP contribution < -0.4 is 14.8 Å². The molecule has 0 aromatic heterocycles. The molecule has 0 bridgehead atoms. The molecule has 0 heterocycles. The number of rotatable bonds is 7. The van der Waals surface area contributed by atoms with Gasteiger partial charge in [-0.1, -0.05) is 18.2 Å². The lowest BCUT2D eigenvalue weighted by molar-refractivity contribution is 0.203. The number of carbonyl (C=O) groups excluding carboxylic acids is 1. The number of hydrogen-bond donors (Lipinski definition) is 2. The van der Waals surface area contributed by atoms with Gasteiger partial charge in [-0.2, -0.15) is 0 Å². The van der Waals surface area contributed by atoms with Crippen LogP contribution in [0.5, 0.6) is 17.2 Å². The predicted molar refractivity (Wildman–Crippen MR) is 101 cm³/mol. The molecule has 140 valence electrons. The number of phenols is 1. The zero-order valence-corrected chi connectivity index (χ0v) is 15.7. The van der Waals surface area contributed by atoms with E-state index in [9.17, 15) is 9.90 Å². The van der Waals surface area contributed by atoms with E-state index in [-0.39, 0.29) is 17.8 Å². The first kappa shape index (κ1) is 19.4. The lowest BCUT2D eigenvalue weighted by Crippen LogP contribution is -2.38. The van der Waals surface area contributed by atoms with Crippen LogP contribution in [0.4, 0.5) is 4.79 Å². The van der Waals surface area contributed by atoms with Crippen molar-refractivity contribution in [2.45, 2.75) is 26.4 Å². The van der Waals surface area contributed by atoms with E-state index in [1.54, 1.807) is 24.1 Å². The van der Waals surface area contributed by atoms with Crippen LogP contribution in [0.1, 0.15) is 31.0 Å². The van der Waals surface area contributed by atoms with E-state index in [0.29, 0.717) is 18.9 Å². The van der Waals surface area contributed by atoms with Gasteiger partial charge >= 0.3 is 6.03 Å². The highest BCUT2D eigenvalue weighted by atomic mass is 16.5. The maximum absolute atomic E-state index is 12.4. The first-order valence-electron chi connectivity index (χ1n) is 8.54. The molecule has 1 atom stereocenters. The van der Waals surface area contributed by atoms with E-state index in [1.165, 1.54) is 7.11 Å². The van der Waals surface area contributed by atoms with Gasteiger partial charge in [0.25, 0.3) is 0 Å². The molecule has 2 rings (SSSR count). The zero-order chi connectivity index (χ0) is 19.1. The number of benzene rings is 2. The van der Waals surface area contributed by atoms with Crippen molar-refractivity contribution < 1.29 is 19.4 Å². The third kappa shape index (κ3) is 5.05. The van der Waals surface area contributed by atoms with E-state index in [2.05, 4.69) is 5.32 Å². The van der Waals surface area contributed by atoms with E-state index >= 15 is 0 Å². The van der Waals surface area contributed by atoms with Crippen molar-refractivity contribution in [1.29, 1.82) is 0 Å². The minimum Gasteiger partial charge on any atom is -0.504 e. The zero-order valence-electron chi connectivity index (χ0n) is 15.7. The molecule has 0 fully saturated rings. The third-order valence-corrected chi connectivity index (χ3v) is 4.02. The maximum atomic E-state index is 12.4. The molecule has 0 radical (unpaired) electrons. The van der Waals surface area contributed by atoms with Crippen LogP contribution in [0.15, 0.2) is 42.5 Å². The summed E-state index contributed by atoms with van der Waals surface area (Å²) in [6, 6.07) is 12.4. The number of urea groups is 1. The van der Waals surface area contributed by atoms with Crippen LogP contribution in [0.25, 0.3) is 0 Å². The molecule has 0 spiro atoms. The summed E-state index contributed by atoms with van der Waals surface area (Å²) < 4.78 is 10.5. The van der Waals surface area contributed by atoms with Crippen LogP contribution >= 0.6 is 0 Å². The topological polar surface area (TPSA) is 71.0 Å². The molecular weight excluding hydrogens is 332 g/mol. The number of amides is 2. The summed E-state index contributed by atoms with van der Waals surface area (Å²) in [4.78, 5) is 14.0. The van der Waals surface area contributed by atoms with Crippen molar-refractivity contribution in [3.05, 3.63) is 53.6 Å². The van der Waals surface area contributed by atoms with Gasteiger partial charge in [-0.25, -0.2) is 4.79 Å². The second kappa shape index (κ2) is 8.99. The van der Waals surface area contributed by atoms with Crippen LogP contribution in [-0.2, 0) is 6.54 Å². The minimum atomic E-state index is -0.199. The maximum Gasteiger partial charge on any atom is 0.317 e. The predicted octanol–water partition coefficient (Wildman–Crippen LogP) is 3.70. The van der Waals surface area contributed by atoms with Crippen LogP contribution in [0, 0.1) is 0 Å². The van der Waals surface area contributed by atoms with Crippen molar-refractivity contribution in [2.75, 3.05) is 20.8 Å². The Morgan fingerprint density at radius 1 is 1.27 bits per heavy atom. The molecule has 2 aromatic carbocycles. The number of nitrogens with one attached hydrogen (secondary N) is 1. The fourth-order valence-corrected chi connectivity index (χ4v) is 2.60. The Hall–Kier alpha value is -2.89. The van der Waals surface area contributed by atoms with Crippen LogP contribution in [0.2, 0.25) is 0 Å². The van der Waals surface area contributed by atoms with Crippen molar-refractivity contribution in [3.63, 3.8) is 0 Å². The molecule has 0 saturated carbocycles. The lowest BCUT2D eigenvalue weighted by Gasteiger charge is -2.22. The van der Waals surface area contributed by atoms with Gasteiger partial charge in [0, 0.05) is 13.6 Å². The van der Waals surface area contributed by atoms with E-state index in [0.717, 1.165) is 16.9 Å². The molecule has 0 saturated heterocycles.